The highest BCUT2D eigenvalue weighted by molar-refractivity contribution is 5.17. The van der Waals surface area contributed by atoms with Crippen molar-refractivity contribution in [1.29, 1.82) is 0 Å². The van der Waals surface area contributed by atoms with Gasteiger partial charge in [0.15, 0.2) is 0 Å². The van der Waals surface area contributed by atoms with Crippen LogP contribution in [-0.4, -0.2) is 15.0 Å². The van der Waals surface area contributed by atoms with E-state index in [9.17, 15) is 0 Å². The molecule has 0 unspecified atom stereocenters. The van der Waals surface area contributed by atoms with E-state index in [4.69, 9.17) is 0 Å². The molecule has 0 saturated heterocycles. The van der Waals surface area contributed by atoms with E-state index in [-0.39, 0.29) is 6.04 Å². The molecule has 4 heteroatoms. The molecule has 0 radical (unpaired) electrons. The first-order valence-corrected chi connectivity index (χ1v) is 6.62. The van der Waals surface area contributed by atoms with Crippen LogP contribution in [0.5, 0.6) is 0 Å². The van der Waals surface area contributed by atoms with Crippen molar-refractivity contribution in [2.75, 3.05) is 0 Å². The summed E-state index contributed by atoms with van der Waals surface area (Å²) in [7, 11) is 0. The zero-order chi connectivity index (χ0) is 13.7. The fourth-order valence-corrected chi connectivity index (χ4v) is 1.77. The van der Waals surface area contributed by atoms with E-state index in [0.717, 1.165) is 18.1 Å². The quantitative estimate of drug-likeness (QED) is 0.893. The maximum Gasteiger partial charge on any atom is 0.144 e. The first kappa shape index (κ1) is 13.6. The van der Waals surface area contributed by atoms with Crippen LogP contribution in [0.25, 0.3) is 0 Å². The van der Waals surface area contributed by atoms with Crippen molar-refractivity contribution < 1.29 is 0 Å². The average molecular weight is 256 g/mol. The SMILES string of the molecule is CC(C)c1ccc(CN[C@H](C)c2ncccn2)nc1. The maximum atomic E-state index is 4.46. The molecule has 0 bridgehead atoms. The molecule has 0 aliphatic rings. The van der Waals surface area contributed by atoms with E-state index in [1.807, 2.05) is 12.3 Å². The van der Waals surface area contributed by atoms with Gasteiger partial charge in [-0.2, -0.15) is 0 Å². The Morgan fingerprint density at radius 3 is 2.37 bits per heavy atom. The Bertz CT molecular complexity index is 493. The number of aromatic nitrogens is 3. The summed E-state index contributed by atoms with van der Waals surface area (Å²) in [6.45, 7) is 7.11. The van der Waals surface area contributed by atoms with Gasteiger partial charge in [-0.25, -0.2) is 9.97 Å². The van der Waals surface area contributed by atoms with Crippen molar-refractivity contribution in [1.82, 2.24) is 20.3 Å². The monoisotopic (exact) mass is 256 g/mol. The molecule has 2 heterocycles. The molecule has 19 heavy (non-hydrogen) atoms. The van der Waals surface area contributed by atoms with Crippen LogP contribution >= 0.6 is 0 Å². The van der Waals surface area contributed by atoms with Gasteiger partial charge in [0.1, 0.15) is 5.82 Å². The molecule has 2 rings (SSSR count). The normalized spacial score (nSPS) is 12.6. The molecule has 1 N–H and O–H groups in total. The Kier molecular flexibility index (Phi) is 4.58. The highest BCUT2D eigenvalue weighted by atomic mass is 15.0. The first-order valence-electron chi connectivity index (χ1n) is 6.62. The maximum absolute atomic E-state index is 4.46. The molecular weight excluding hydrogens is 236 g/mol. The average Bonchev–Trinajstić information content (AvgIpc) is 2.46. The van der Waals surface area contributed by atoms with Gasteiger partial charge in [0.05, 0.1) is 11.7 Å². The molecule has 2 aromatic rings. The van der Waals surface area contributed by atoms with Crippen LogP contribution in [0.1, 0.15) is 49.8 Å². The van der Waals surface area contributed by atoms with Gasteiger partial charge >= 0.3 is 0 Å². The molecule has 1 atom stereocenters. The van der Waals surface area contributed by atoms with Crippen molar-refractivity contribution in [2.45, 2.75) is 39.3 Å². The Morgan fingerprint density at radius 2 is 1.79 bits per heavy atom. The molecule has 0 fully saturated rings. The molecule has 0 amide bonds. The topological polar surface area (TPSA) is 50.7 Å². The van der Waals surface area contributed by atoms with Crippen LogP contribution in [0.4, 0.5) is 0 Å². The minimum Gasteiger partial charge on any atom is -0.302 e. The van der Waals surface area contributed by atoms with Gasteiger partial charge in [-0.1, -0.05) is 19.9 Å². The molecule has 0 aliphatic heterocycles. The van der Waals surface area contributed by atoms with Gasteiger partial charge in [0.2, 0.25) is 0 Å². The van der Waals surface area contributed by atoms with E-state index in [1.54, 1.807) is 12.4 Å². The number of nitrogens with one attached hydrogen (secondary N) is 1. The second-order valence-electron chi connectivity index (χ2n) is 4.95. The van der Waals surface area contributed by atoms with Crippen molar-refractivity contribution in [3.63, 3.8) is 0 Å². The third kappa shape index (κ3) is 3.83. The highest BCUT2D eigenvalue weighted by Crippen LogP contribution is 2.13. The second kappa shape index (κ2) is 6.38. The molecule has 0 aliphatic carbocycles. The Hall–Kier alpha value is -1.81. The zero-order valence-electron chi connectivity index (χ0n) is 11.7. The highest BCUT2D eigenvalue weighted by Gasteiger charge is 2.07. The third-order valence-electron chi connectivity index (χ3n) is 3.08. The van der Waals surface area contributed by atoms with Crippen LogP contribution in [0.3, 0.4) is 0 Å². The Labute approximate surface area is 114 Å². The summed E-state index contributed by atoms with van der Waals surface area (Å²) in [5.41, 5.74) is 2.30. The van der Waals surface area contributed by atoms with Gasteiger partial charge in [0.25, 0.3) is 0 Å². The number of pyridine rings is 1. The van der Waals surface area contributed by atoms with Crippen LogP contribution in [0.15, 0.2) is 36.8 Å². The predicted molar refractivity (Wildman–Crippen MR) is 75.6 cm³/mol. The van der Waals surface area contributed by atoms with Gasteiger partial charge in [-0.15, -0.1) is 0 Å². The molecule has 2 aromatic heterocycles. The van der Waals surface area contributed by atoms with E-state index < -0.39 is 0 Å². The second-order valence-corrected chi connectivity index (χ2v) is 4.95. The third-order valence-corrected chi connectivity index (χ3v) is 3.08. The molecule has 4 nitrogen and oxygen atoms in total. The zero-order valence-corrected chi connectivity index (χ0v) is 11.7. The smallest absolute Gasteiger partial charge is 0.144 e. The summed E-state index contributed by atoms with van der Waals surface area (Å²) in [5.74, 6) is 1.33. The van der Waals surface area contributed by atoms with Crippen molar-refractivity contribution >= 4 is 0 Å². The van der Waals surface area contributed by atoms with Gasteiger partial charge in [0, 0.05) is 25.1 Å². The van der Waals surface area contributed by atoms with Crippen LogP contribution < -0.4 is 5.32 Å². The van der Waals surface area contributed by atoms with E-state index in [2.05, 4.69) is 53.2 Å². The van der Waals surface area contributed by atoms with E-state index in [1.165, 1.54) is 5.56 Å². The number of hydrogen-bond acceptors (Lipinski definition) is 4. The Morgan fingerprint density at radius 1 is 1.05 bits per heavy atom. The molecular formula is C15H20N4. The molecule has 100 valence electrons. The predicted octanol–water partition coefficient (Wildman–Crippen LogP) is 2.85. The van der Waals surface area contributed by atoms with Gasteiger partial charge < -0.3 is 5.32 Å². The largest absolute Gasteiger partial charge is 0.302 e. The van der Waals surface area contributed by atoms with Crippen LogP contribution in [0.2, 0.25) is 0 Å². The lowest BCUT2D eigenvalue weighted by Gasteiger charge is -2.12. The summed E-state index contributed by atoms with van der Waals surface area (Å²) < 4.78 is 0. The summed E-state index contributed by atoms with van der Waals surface area (Å²) in [6.07, 6.45) is 5.47. The number of hydrogen-bond donors (Lipinski definition) is 1. The van der Waals surface area contributed by atoms with Crippen molar-refractivity contribution in [2.24, 2.45) is 0 Å². The summed E-state index contributed by atoms with van der Waals surface area (Å²) >= 11 is 0. The summed E-state index contributed by atoms with van der Waals surface area (Å²) in [5, 5.41) is 3.38. The minimum atomic E-state index is 0.118. The fourth-order valence-electron chi connectivity index (χ4n) is 1.77. The van der Waals surface area contributed by atoms with E-state index in [0.29, 0.717) is 5.92 Å². The van der Waals surface area contributed by atoms with Gasteiger partial charge in [-0.05, 0) is 30.5 Å². The van der Waals surface area contributed by atoms with E-state index >= 15 is 0 Å². The van der Waals surface area contributed by atoms with Crippen molar-refractivity contribution in [3.8, 4) is 0 Å². The summed E-state index contributed by atoms with van der Waals surface area (Å²) in [4.78, 5) is 12.9. The number of nitrogens with zero attached hydrogens (tertiary/aromatic N) is 3. The standard InChI is InChI=1S/C15H20N4/c1-11(2)13-5-6-14(19-9-13)10-18-12(3)15-16-7-4-8-17-15/h4-9,11-12,18H,10H2,1-3H3/t12-/m1/s1. The Balaban J connectivity index is 1.92. The lowest BCUT2D eigenvalue weighted by Crippen LogP contribution is -2.20. The van der Waals surface area contributed by atoms with Gasteiger partial charge in [-0.3, -0.25) is 4.98 Å². The molecule has 0 saturated carbocycles. The fraction of sp³-hybridized carbons (Fsp3) is 0.400. The van der Waals surface area contributed by atoms with Crippen molar-refractivity contribution in [3.05, 3.63) is 53.9 Å². The molecule has 0 aromatic carbocycles. The number of rotatable bonds is 5. The molecule has 0 spiro atoms. The first-order chi connectivity index (χ1) is 9.16. The van der Waals surface area contributed by atoms with Crippen LogP contribution in [0, 0.1) is 0 Å². The summed E-state index contributed by atoms with van der Waals surface area (Å²) in [6, 6.07) is 6.15. The van der Waals surface area contributed by atoms with Crippen LogP contribution in [-0.2, 0) is 6.54 Å². The minimum absolute atomic E-state index is 0.118. The lowest BCUT2D eigenvalue weighted by molar-refractivity contribution is 0.540. The lowest BCUT2D eigenvalue weighted by atomic mass is 10.1.